The summed E-state index contributed by atoms with van der Waals surface area (Å²) in [4.78, 5) is 24.6. The maximum atomic E-state index is 11.3. The van der Waals surface area contributed by atoms with Crippen LogP contribution in [0.5, 0.6) is 0 Å². The maximum Gasteiger partial charge on any atom is 0.408 e. The number of hydrogen-bond acceptors (Lipinski definition) is 4. The van der Waals surface area contributed by atoms with Crippen molar-refractivity contribution >= 4 is 12.0 Å². The van der Waals surface area contributed by atoms with Gasteiger partial charge in [-0.15, -0.1) is 0 Å². The van der Waals surface area contributed by atoms with Gasteiger partial charge in [0.25, 0.3) is 0 Å². The van der Waals surface area contributed by atoms with Crippen LogP contribution in [0.15, 0.2) is 5.11 Å². The normalized spacial score (nSPS) is 12.2. The third kappa shape index (κ3) is 6.50. The lowest BCUT2D eigenvalue weighted by molar-refractivity contribution is -0.119. The summed E-state index contributed by atoms with van der Waals surface area (Å²) in [5.74, 6) is -0.793. The fraction of sp³-hybridized carbons (Fsp3) is 0.750. The monoisotopic (exact) mass is 229 g/mol. The number of hydrogen-bond donors (Lipinski definition) is 2. The largest absolute Gasteiger partial charge is 0.444 e. The van der Waals surface area contributed by atoms with Gasteiger partial charge in [0.05, 0.1) is 6.54 Å². The number of nitrogens with zero attached hydrogens (tertiary/aromatic N) is 3. The first-order valence-electron chi connectivity index (χ1n) is 4.56. The van der Waals surface area contributed by atoms with E-state index in [9.17, 15) is 9.59 Å². The first-order valence-corrected chi connectivity index (χ1v) is 4.56. The van der Waals surface area contributed by atoms with Crippen molar-refractivity contribution in [2.45, 2.75) is 32.4 Å². The second-order valence-electron chi connectivity index (χ2n) is 4.01. The molecule has 0 spiro atoms. The van der Waals surface area contributed by atoms with E-state index in [1.807, 2.05) is 0 Å². The molecule has 0 aromatic heterocycles. The molecule has 3 N–H and O–H groups in total. The number of rotatable bonds is 4. The van der Waals surface area contributed by atoms with Gasteiger partial charge in [0.2, 0.25) is 5.91 Å². The van der Waals surface area contributed by atoms with Crippen molar-refractivity contribution in [3.8, 4) is 0 Å². The van der Waals surface area contributed by atoms with Gasteiger partial charge in [0.1, 0.15) is 11.6 Å². The Morgan fingerprint density at radius 1 is 1.56 bits per heavy atom. The van der Waals surface area contributed by atoms with Gasteiger partial charge < -0.3 is 15.8 Å². The molecule has 16 heavy (non-hydrogen) atoms. The molecule has 2 amide bonds. The summed E-state index contributed by atoms with van der Waals surface area (Å²) in [7, 11) is 0. The number of nitrogens with one attached hydrogen (secondary N) is 1. The Balaban J connectivity index is 4.35. The average Bonchev–Trinajstić information content (AvgIpc) is 2.08. The van der Waals surface area contributed by atoms with Gasteiger partial charge in [-0.3, -0.25) is 4.79 Å². The molecular weight excluding hydrogens is 214 g/mol. The fourth-order valence-corrected chi connectivity index (χ4v) is 0.775. The number of azide groups is 1. The van der Waals surface area contributed by atoms with Crippen molar-refractivity contribution in [1.82, 2.24) is 5.32 Å². The second kappa shape index (κ2) is 5.82. The van der Waals surface area contributed by atoms with Crippen molar-refractivity contribution in [2.75, 3.05) is 6.54 Å². The minimum Gasteiger partial charge on any atom is -0.444 e. The van der Waals surface area contributed by atoms with Gasteiger partial charge in [0, 0.05) is 4.91 Å². The van der Waals surface area contributed by atoms with Crippen molar-refractivity contribution < 1.29 is 14.3 Å². The van der Waals surface area contributed by atoms with Crippen LogP contribution in [0.4, 0.5) is 4.79 Å². The fourth-order valence-electron chi connectivity index (χ4n) is 0.775. The third-order valence-electron chi connectivity index (χ3n) is 1.36. The number of nitrogens with two attached hydrogens (primary N) is 1. The molecule has 8 heteroatoms. The van der Waals surface area contributed by atoms with Crippen LogP contribution in [0.2, 0.25) is 0 Å². The summed E-state index contributed by atoms with van der Waals surface area (Å²) in [6, 6.07) is -1.06. The molecule has 0 aliphatic carbocycles. The van der Waals surface area contributed by atoms with Crippen LogP contribution >= 0.6 is 0 Å². The van der Waals surface area contributed by atoms with Crippen LogP contribution in [0.1, 0.15) is 20.8 Å². The SMILES string of the molecule is CC(C)(C)OC(=O)NC(CN=[N+]=[N-])C(N)=O. The summed E-state index contributed by atoms with van der Waals surface area (Å²) >= 11 is 0. The van der Waals surface area contributed by atoms with E-state index in [0.717, 1.165) is 0 Å². The minimum absolute atomic E-state index is 0.245. The standard InChI is InChI=1S/C8H15N5O3/c1-8(2,3)16-7(15)12-5(6(9)14)4-11-13-10/h5H,4H2,1-3H3,(H2,9,14)(H,12,15). The van der Waals surface area contributed by atoms with E-state index in [4.69, 9.17) is 16.0 Å². The van der Waals surface area contributed by atoms with Gasteiger partial charge in [-0.25, -0.2) is 4.79 Å². The quantitative estimate of drug-likeness (QED) is 0.417. The lowest BCUT2D eigenvalue weighted by atomic mass is 10.2. The molecule has 8 nitrogen and oxygen atoms in total. The van der Waals surface area contributed by atoms with Crippen LogP contribution in [0.3, 0.4) is 0 Å². The highest BCUT2D eigenvalue weighted by Crippen LogP contribution is 2.06. The zero-order chi connectivity index (χ0) is 12.8. The number of primary amides is 1. The summed E-state index contributed by atoms with van der Waals surface area (Å²) in [5.41, 5.74) is 12.4. The molecule has 0 fully saturated rings. The Labute approximate surface area is 92.8 Å². The van der Waals surface area contributed by atoms with Crippen LogP contribution in [-0.4, -0.2) is 30.2 Å². The van der Waals surface area contributed by atoms with Crippen LogP contribution in [0.25, 0.3) is 10.4 Å². The highest BCUT2D eigenvalue weighted by Gasteiger charge is 2.21. The highest BCUT2D eigenvalue weighted by molar-refractivity contribution is 5.84. The topological polar surface area (TPSA) is 130 Å². The van der Waals surface area contributed by atoms with Crippen molar-refractivity contribution in [3.05, 3.63) is 10.4 Å². The molecule has 0 heterocycles. The van der Waals surface area contributed by atoms with Crippen molar-refractivity contribution in [2.24, 2.45) is 10.8 Å². The predicted octanol–water partition coefficient (Wildman–Crippen LogP) is 0.675. The Morgan fingerprint density at radius 3 is 2.50 bits per heavy atom. The molecule has 0 aromatic rings. The van der Waals surface area contributed by atoms with E-state index in [1.165, 1.54) is 0 Å². The van der Waals surface area contributed by atoms with Gasteiger partial charge in [0.15, 0.2) is 0 Å². The summed E-state index contributed by atoms with van der Waals surface area (Å²) in [6.07, 6.45) is -0.788. The van der Waals surface area contributed by atoms with Crippen molar-refractivity contribution in [3.63, 3.8) is 0 Å². The first-order chi connectivity index (χ1) is 7.26. The van der Waals surface area contributed by atoms with Gasteiger partial charge in [-0.05, 0) is 26.3 Å². The van der Waals surface area contributed by atoms with E-state index >= 15 is 0 Å². The first kappa shape index (κ1) is 14.1. The molecule has 0 aliphatic heterocycles. The lowest BCUT2D eigenvalue weighted by Gasteiger charge is -2.21. The Hall–Kier alpha value is -1.95. The zero-order valence-corrected chi connectivity index (χ0v) is 9.43. The van der Waals surface area contributed by atoms with E-state index in [1.54, 1.807) is 20.8 Å². The minimum atomic E-state index is -1.06. The van der Waals surface area contributed by atoms with Crippen LogP contribution < -0.4 is 11.1 Å². The zero-order valence-electron chi connectivity index (χ0n) is 9.43. The molecule has 0 saturated heterocycles. The Kier molecular flexibility index (Phi) is 5.11. The van der Waals surface area contributed by atoms with Gasteiger partial charge in [-0.2, -0.15) is 0 Å². The molecule has 90 valence electrons. The van der Waals surface area contributed by atoms with E-state index in [2.05, 4.69) is 15.3 Å². The Morgan fingerprint density at radius 2 is 2.12 bits per heavy atom. The molecule has 1 unspecified atom stereocenters. The maximum absolute atomic E-state index is 11.3. The predicted molar refractivity (Wildman–Crippen MR) is 56.4 cm³/mol. The molecule has 0 bridgehead atoms. The summed E-state index contributed by atoms with van der Waals surface area (Å²) in [5, 5.41) is 5.36. The molecule has 0 aromatic carbocycles. The summed E-state index contributed by atoms with van der Waals surface area (Å²) in [6.45, 7) is 4.79. The third-order valence-corrected chi connectivity index (χ3v) is 1.36. The summed E-state index contributed by atoms with van der Waals surface area (Å²) < 4.78 is 4.91. The van der Waals surface area contributed by atoms with Gasteiger partial charge >= 0.3 is 6.09 Å². The lowest BCUT2D eigenvalue weighted by Crippen LogP contribution is -2.48. The number of alkyl carbamates (subject to hydrolysis) is 1. The Bertz CT molecular complexity index is 316. The van der Waals surface area contributed by atoms with Gasteiger partial charge in [-0.1, -0.05) is 5.11 Å². The van der Waals surface area contributed by atoms with Crippen LogP contribution in [-0.2, 0) is 9.53 Å². The second-order valence-corrected chi connectivity index (χ2v) is 4.01. The number of ether oxygens (including phenoxy) is 1. The molecular formula is C8H15N5O3. The highest BCUT2D eigenvalue weighted by atomic mass is 16.6. The molecule has 0 saturated carbocycles. The van der Waals surface area contributed by atoms with Crippen LogP contribution in [0, 0.1) is 0 Å². The van der Waals surface area contributed by atoms with E-state index in [0.29, 0.717) is 0 Å². The van der Waals surface area contributed by atoms with E-state index < -0.39 is 23.6 Å². The molecule has 0 aliphatic rings. The molecule has 1 atom stereocenters. The number of carbonyl (C=O) groups is 2. The number of amides is 2. The average molecular weight is 229 g/mol. The molecule has 0 radical (unpaired) electrons. The smallest absolute Gasteiger partial charge is 0.408 e. The van der Waals surface area contributed by atoms with Crippen molar-refractivity contribution in [1.29, 1.82) is 0 Å². The van der Waals surface area contributed by atoms with E-state index in [-0.39, 0.29) is 6.54 Å². The number of carbonyl (C=O) groups excluding carboxylic acids is 2. The molecule has 0 rings (SSSR count).